The Morgan fingerprint density at radius 2 is 2.26 bits per heavy atom. The third-order valence-electron chi connectivity index (χ3n) is 4.36. The molecular formula is C19H19N3O. The third-order valence-corrected chi connectivity index (χ3v) is 4.36. The first kappa shape index (κ1) is 14.2. The van der Waals surface area contributed by atoms with E-state index in [4.69, 9.17) is 4.99 Å². The molecule has 0 saturated carbocycles. The Balaban J connectivity index is 1.76. The van der Waals surface area contributed by atoms with E-state index in [1.165, 1.54) is 12.0 Å². The second-order valence-electron chi connectivity index (χ2n) is 6.05. The maximum atomic E-state index is 9.66. The minimum atomic E-state index is -0.375. The first-order valence-electron chi connectivity index (χ1n) is 8.07. The van der Waals surface area contributed by atoms with Crippen LogP contribution in [0.5, 0.6) is 0 Å². The normalized spacial score (nSPS) is 21.6. The van der Waals surface area contributed by atoms with Crippen molar-refractivity contribution < 1.29 is 5.11 Å². The standard InChI is InChI=1S/C19H19N3O/c23-17-8-5-14(6-9-17)19(13-3-1-2-4-13)21-16-7-10-18-15(11-16)12-20-22-18/h3,5-8,10-12,17,23H,1-2,4,9H2,(H,20,22)/b21-19+. The van der Waals surface area contributed by atoms with Crippen molar-refractivity contribution in [2.45, 2.75) is 31.8 Å². The minimum Gasteiger partial charge on any atom is -0.389 e. The van der Waals surface area contributed by atoms with Crippen LogP contribution >= 0.6 is 0 Å². The van der Waals surface area contributed by atoms with Gasteiger partial charge in [-0.25, -0.2) is 4.99 Å². The molecule has 0 bridgehead atoms. The molecule has 1 aromatic heterocycles. The molecule has 1 heterocycles. The van der Waals surface area contributed by atoms with Gasteiger partial charge in [-0.1, -0.05) is 24.3 Å². The molecule has 0 aliphatic heterocycles. The lowest BCUT2D eigenvalue weighted by molar-refractivity contribution is 0.225. The Hall–Kier alpha value is -2.46. The van der Waals surface area contributed by atoms with Crippen LogP contribution in [0.25, 0.3) is 10.9 Å². The number of aromatic amines is 1. The molecule has 23 heavy (non-hydrogen) atoms. The summed E-state index contributed by atoms with van der Waals surface area (Å²) >= 11 is 0. The van der Waals surface area contributed by atoms with E-state index in [1.807, 2.05) is 30.5 Å². The van der Waals surface area contributed by atoms with Gasteiger partial charge in [0.15, 0.2) is 0 Å². The Morgan fingerprint density at radius 3 is 3.04 bits per heavy atom. The van der Waals surface area contributed by atoms with Crippen LogP contribution in [0.2, 0.25) is 0 Å². The number of hydrogen-bond donors (Lipinski definition) is 2. The molecule has 2 N–H and O–H groups in total. The van der Waals surface area contributed by atoms with Gasteiger partial charge < -0.3 is 5.11 Å². The number of aromatic nitrogens is 2. The molecule has 0 amide bonds. The van der Waals surface area contributed by atoms with Crippen molar-refractivity contribution in [3.8, 4) is 0 Å². The number of allylic oxidation sites excluding steroid dienone is 4. The molecule has 4 heteroatoms. The first-order chi connectivity index (χ1) is 11.3. The highest BCUT2D eigenvalue weighted by Gasteiger charge is 2.17. The van der Waals surface area contributed by atoms with E-state index in [-0.39, 0.29) is 6.10 Å². The lowest BCUT2D eigenvalue weighted by Crippen LogP contribution is -2.11. The molecule has 0 fully saturated rings. The number of nitrogens with one attached hydrogen (secondary N) is 1. The zero-order chi connectivity index (χ0) is 15.6. The second kappa shape index (κ2) is 5.97. The van der Waals surface area contributed by atoms with Gasteiger partial charge in [-0.3, -0.25) is 5.10 Å². The van der Waals surface area contributed by atoms with Crippen molar-refractivity contribution in [2.75, 3.05) is 0 Å². The highest BCUT2D eigenvalue weighted by atomic mass is 16.3. The van der Waals surface area contributed by atoms with E-state index in [2.05, 4.69) is 28.4 Å². The van der Waals surface area contributed by atoms with E-state index < -0.39 is 0 Å². The summed E-state index contributed by atoms with van der Waals surface area (Å²) < 4.78 is 0. The number of hydrogen-bond acceptors (Lipinski definition) is 3. The van der Waals surface area contributed by atoms with Gasteiger partial charge >= 0.3 is 0 Å². The number of aliphatic hydroxyl groups excluding tert-OH is 1. The average Bonchev–Trinajstić information content (AvgIpc) is 3.24. The molecular weight excluding hydrogens is 286 g/mol. The van der Waals surface area contributed by atoms with E-state index in [0.717, 1.165) is 40.7 Å². The Labute approximate surface area is 134 Å². The van der Waals surface area contributed by atoms with E-state index in [1.54, 1.807) is 0 Å². The number of H-pyrrole nitrogens is 1. The molecule has 2 aliphatic rings. The summed E-state index contributed by atoms with van der Waals surface area (Å²) in [7, 11) is 0. The largest absolute Gasteiger partial charge is 0.389 e. The lowest BCUT2D eigenvalue weighted by Gasteiger charge is -2.14. The summed E-state index contributed by atoms with van der Waals surface area (Å²) in [5.74, 6) is 0. The summed E-state index contributed by atoms with van der Waals surface area (Å²) in [4.78, 5) is 4.92. The highest BCUT2D eigenvalue weighted by molar-refractivity contribution is 6.15. The van der Waals surface area contributed by atoms with Crippen LogP contribution in [-0.2, 0) is 0 Å². The van der Waals surface area contributed by atoms with Gasteiger partial charge in [-0.2, -0.15) is 5.10 Å². The fraction of sp³-hybridized carbons (Fsp3) is 0.263. The van der Waals surface area contributed by atoms with Gasteiger partial charge in [0.2, 0.25) is 0 Å². The second-order valence-corrected chi connectivity index (χ2v) is 6.05. The van der Waals surface area contributed by atoms with E-state index in [0.29, 0.717) is 6.42 Å². The summed E-state index contributed by atoms with van der Waals surface area (Å²) in [6, 6.07) is 6.07. The predicted molar refractivity (Wildman–Crippen MR) is 93.0 cm³/mol. The minimum absolute atomic E-state index is 0.375. The maximum absolute atomic E-state index is 9.66. The van der Waals surface area contributed by atoms with Crippen LogP contribution in [-0.4, -0.2) is 27.1 Å². The van der Waals surface area contributed by atoms with Crippen LogP contribution in [0.1, 0.15) is 25.7 Å². The summed E-state index contributed by atoms with van der Waals surface area (Å²) in [5, 5.41) is 17.8. The van der Waals surface area contributed by atoms with Crippen LogP contribution < -0.4 is 0 Å². The van der Waals surface area contributed by atoms with Crippen LogP contribution in [0.3, 0.4) is 0 Å². The predicted octanol–water partition coefficient (Wildman–Crippen LogP) is 3.99. The van der Waals surface area contributed by atoms with Gasteiger partial charge in [0, 0.05) is 5.39 Å². The van der Waals surface area contributed by atoms with Crippen LogP contribution in [0.4, 0.5) is 5.69 Å². The Bertz CT molecular complexity index is 854. The molecule has 1 aromatic carbocycles. The SMILES string of the molecule is OC1C=CC(/C(=N/c2ccc3[nH]ncc3c2)C2=CCCC2)=CC1. The maximum Gasteiger partial charge on any atom is 0.0758 e. The Morgan fingerprint density at radius 1 is 1.30 bits per heavy atom. The fourth-order valence-corrected chi connectivity index (χ4v) is 3.12. The molecule has 4 rings (SSSR count). The van der Waals surface area contributed by atoms with E-state index >= 15 is 0 Å². The van der Waals surface area contributed by atoms with Gasteiger partial charge in [0.05, 0.1) is 29.2 Å². The third kappa shape index (κ3) is 2.90. The van der Waals surface area contributed by atoms with Gasteiger partial charge in [0.1, 0.15) is 0 Å². The topological polar surface area (TPSA) is 61.3 Å². The lowest BCUT2D eigenvalue weighted by atomic mass is 9.95. The van der Waals surface area contributed by atoms with Gasteiger partial charge in [-0.05, 0) is 55.0 Å². The van der Waals surface area contributed by atoms with Crippen LogP contribution in [0, 0.1) is 0 Å². The van der Waals surface area contributed by atoms with Crippen molar-refractivity contribution in [1.82, 2.24) is 10.2 Å². The first-order valence-corrected chi connectivity index (χ1v) is 8.07. The fourth-order valence-electron chi connectivity index (χ4n) is 3.12. The summed E-state index contributed by atoms with van der Waals surface area (Å²) in [5.41, 5.74) is 5.40. The van der Waals surface area contributed by atoms with Crippen molar-refractivity contribution in [3.05, 3.63) is 59.8 Å². The van der Waals surface area contributed by atoms with Gasteiger partial charge in [0.25, 0.3) is 0 Å². The number of fused-ring (bicyclic) bond motifs is 1. The molecule has 1 atom stereocenters. The smallest absolute Gasteiger partial charge is 0.0758 e. The zero-order valence-electron chi connectivity index (χ0n) is 12.9. The number of aliphatic hydroxyl groups is 1. The van der Waals surface area contributed by atoms with Crippen molar-refractivity contribution >= 4 is 22.3 Å². The molecule has 0 spiro atoms. The monoisotopic (exact) mass is 305 g/mol. The van der Waals surface area contributed by atoms with Crippen molar-refractivity contribution in [2.24, 2.45) is 4.99 Å². The number of nitrogens with zero attached hydrogens (tertiary/aromatic N) is 2. The molecule has 4 nitrogen and oxygen atoms in total. The number of rotatable bonds is 3. The Kier molecular flexibility index (Phi) is 3.67. The molecule has 2 aliphatic carbocycles. The molecule has 116 valence electrons. The quantitative estimate of drug-likeness (QED) is 0.842. The van der Waals surface area contributed by atoms with Crippen LogP contribution in [0.15, 0.2) is 64.8 Å². The zero-order valence-corrected chi connectivity index (χ0v) is 12.9. The molecule has 0 radical (unpaired) electrons. The molecule has 2 aromatic rings. The van der Waals surface area contributed by atoms with Gasteiger partial charge in [-0.15, -0.1) is 0 Å². The highest BCUT2D eigenvalue weighted by Crippen LogP contribution is 2.28. The number of aliphatic imine (C=N–C) groups is 1. The molecule has 1 unspecified atom stereocenters. The number of benzene rings is 1. The van der Waals surface area contributed by atoms with Crippen molar-refractivity contribution in [1.29, 1.82) is 0 Å². The summed E-state index contributed by atoms with van der Waals surface area (Å²) in [6.45, 7) is 0. The summed E-state index contributed by atoms with van der Waals surface area (Å²) in [6.07, 6.45) is 13.7. The van der Waals surface area contributed by atoms with Crippen molar-refractivity contribution in [3.63, 3.8) is 0 Å². The average molecular weight is 305 g/mol. The molecule has 0 saturated heterocycles. The van der Waals surface area contributed by atoms with E-state index in [9.17, 15) is 5.11 Å².